The molecule has 0 aromatic heterocycles. The van der Waals surface area contributed by atoms with Crippen LogP contribution >= 0.6 is 11.8 Å². The zero-order valence-electron chi connectivity index (χ0n) is 13.0. The van der Waals surface area contributed by atoms with Crippen molar-refractivity contribution in [2.24, 2.45) is 0 Å². The Labute approximate surface area is 143 Å². The highest BCUT2D eigenvalue weighted by Gasteiger charge is 2.50. The Bertz CT molecular complexity index is 404. The molecule has 142 valence electrons. The first-order chi connectivity index (χ1) is 11.3. The van der Waals surface area contributed by atoms with Crippen molar-refractivity contribution in [1.82, 2.24) is 5.32 Å². The van der Waals surface area contributed by atoms with E-state index in [1.54, 1.807) is 0 Å². The molecule has 10 atom stereocenters. The molecule has 8 unspecified atom stereocenters. The van der Waals surface area contributed by atoms with Gasteiger partial charge in [0.2, 0.25) is 0 Å². The summed E-state index contributed by atoms with van der Waals surface area (Å²) in [6.07, 6.45) is -8.53. The van der Waals surface area contributed by atoms with Crippen molar-refractivity contribution in [3.8, 4) is 0 Å². The molecule has 0 saturated carbocycles. The topological polar surface area (TPSA) is 172 Å². The summed E-state index contributed by atoms with van der Waals surface area (Å²) in [5.74, 6) is 0. The number of nitrogens with one attached hydrogen (secondary N) is 1. The number of aliphatic hydroxyl groups excluding tert-OH is 7. The Morgan fingerprint density at radius 1 is 1.08 bits per heavy atom. The van der Waals surface area contributed by atoms with Crippen molar-refractivity contribution in [3.05, 3.63) is 0 Å². The van der Waals surface area contributed by atoms with Crippen molar-refractivity contribution in [1.29, 1.82) is 0 Å². The molecule has 0 radical (unpaired) electrons. The Hall–Kier alpha value is -0.0500. The summed E-state index contributed by atoms with van der Waals surface area (Å²) in [6, 6.07) is -0.947. The van der Waals surface area contributed by atoms with Crippen molar-refractivity contribution >= 4 is 11.8 Å². The van der Waals surface area contributed by atoms with Crippen LogP contribution in [0.15, 0.2) is 0 Å². The zero-order chi connectivity index (χ0) is 18.0. The lowest BCUT2D eigenvalue weighted by molar-refractivity contribution is -0.264. The summed E-state index contributed by atoms with van der Waals surface area (Å²) < 4.78 is 10.5. The molecule has 10 nitrogen and oxygen atoms in total. The van der Waals surface area contributed by atoms with Gasteiger partial charge >= 0.3 is 0 Å². The van der Waals surface area contributed by atoms with Gasteiger partial charge < -0.3 is 45.2 Å². The molecule has 2 saturated heterocycles. The van der Waals surface area contributed by atoms with E-state index in [0.717, 1.165) is 11.8 Å². The van der Waals surface area contributed by atoms with Crippen LogP contribution in [-0.2, 0) is 9.47 Å². The molecule has 2 rings (SSSR count). The minimum atomic E-state index is -1.37. The summed E-state index contributed by atoms with van der Waals surface area (Å²) in [7, 11) is 1.32. The summed E-state index contributed by atoms with van der Waals surface area (Å²) in [4.78, 5) is 0. The van der Waals surface area contributed by atoms with Crippen molar-refractivity contribution in [3.63, 3.8) is 0 Å². The minimum absolute atomic E-state index is 0.505. The molecule has 0 aromatic rings. The normalized spacial score (nSPS) is 47.8. The van der Waals surface area contributed by atoms with Gasteiger partial charge in [0.05, 0.1) is 42.1 Å². The zero-order valence-corrected chi connectivity index (χ0v) is 13.9. The number of ether oxygens (including phenoxy) is 2. The summed E-state index contributed by atoms with van der Waals surface area (Å²) in [5, 5.41) is 69.4. The molecular formula is C13H25NO9S. The van der Waals surface area contributed by atoms with Gasteiger partial charge in [0.1, 0.15) is 24.4 Å². The van der Waals surface area contributed by atoms with Crippen molar-refractivity contribution in [2.75, 3.05) is 20.3 Å². The number of hydrogen-bond donors (Lipinski definition) is 8. The van der Waals surface area contributed by atoms with Gasteiger partial charge in [-0.05, 0) is 0 Å². The molecule has 2 heterocycles. The van der Waals surface area contributed by atoms with E-state index in [9.17, 15) is 25.5 Å². The lowest BCUT2D eigenvalue weighted by Gasteiger charge is -2.43. The molecule has 0 spiro atoms. The lowest BCUT2D eigenvalue weighted by atomic mass is 9.96. The summed E-state index contributed by atoms with van der Waals surface area (Å²) >= 11 is 1.00. The van der Waals surface area contributed by atoms with Crippen LogP contribution in [0.25, 0.3) is 0 Å². The minimum Gasteiger partial charge on any atom is -0.394 e. The molecule has 2 fully saturated rings. The number of aliphatic hydroxyl groups is 7. The van der Waals surface area contributed by atoms with Crippen LogP contribution in [-0.4, -0.2) is 116 Å². The first-order valence-corrected chi connectivity index (χ1v) is 8.51. The Balaban J connectivity index is 2.08. The van der Waals surface area contributed by atoms with E-state index in [-0.39, 0.29) is 0 Å². The second kappa shape index (κ2) is 8.56. The average molecular weight is 371 g/mol. The van der Waals surface area contributed by atoms with E-state index in [1.807, 2.05) is 0 Å². The standard InChI is InChI=1S/C13H25NO9S/c1-22-13-6(8(19)7(18)5(3-16)23-13)14-12-10(21)9(20)11(24-12)4(17)2-15/h4-21H,2-3H2,1H3/t4?,5?,6?,7-,8?,9?,10?,11?,12?,13+/m1/s1. The van der Waals surface area contributed by atoms with Gasteiger partial charge in [-0.1, -0.05) is 0 Å². The molecule has 2 aliphatic rings. The second-order valence-corrected chi connectivity index (χ2v) is 7.21. The fourth-order valence-electron chi connectivity index (χ4n) is 2.91. The van der Waals surface area contributed by atoms with E-state index in [4.69, 9.17) is 19.7 Å². The first kappa shape index (κ1) is 20.3. The molecule has 0 amide bonds. The molecular weight excluding hydrogens is 346 g/mol. The molecule has 11 heteroatoms. The molecule has 24 heavy (non-hydrogen) atoms. The van der Waals surface area contributed by atoms with Gasteiger partial charge in [0.25, 0.3) is 0 Å². The van der Waals surface area contributed by atoms with Gasteiger partial charge in [-0.3, -0.25) is 5.32 Å². The van der Waals surface area contributed by atoms with Crippen LogP contribution in [0.2, 0.25) is 0 Å². The van der Waals surface area contributed by atoms with Crippen LogP contribution in [0.5, 0.6) is 0 Å². The van der Waals surface area contributed by atoms with Gasteiger partial charge in [0, 0.05) is 7.11 Å². The predicted octanol–water partition coefficient (Wildman–Crippen LogP) is -4.45. The lowest BCUT2D eigenvalue weighted by Crippen LogP contribution is -2.65. The van der Waals surface area contributed by atoms with Gasteiger partial charge in [-0.2, -0.15) is 0 Å². The van der Waals surface area contributed by atoms with E-state index in [2.05, 4.69) is 5.32 Å². The second-order valence-electron chi connectivity index (χ2n) is 5.89. The van der Waals surface area contributed by atoms with E-state index < -0.39 is 72.8 Å². The largest absolute Gasteiger partial charge is 0.394 e. The fraction of sp³-hybridized carbons (Fsp3) is 1.00. The highest BCUT2D eigenvalue weighted by Crippen LogP contribution is 2.36. The Morgan fingerprint density at radius 2 is 1.75 bits per heavy atom. The molecule has 8 N–H and O–H groups in total. The number of rotatable bonds is 6. The number of thioether (sulfide) groups is 1. The smallest absolute Gasteiger partial charge is 0.175 e. The third kappa shape index (κ3) is 3.86. The maximum Gasteiger partial charge on any atom is 0.175 e. The highest BCUT2D eigenvalue weighted by atomic mass is 32.2. The molecule has 2 aliphatic heterocycles. The van der Waals surface area contributed by atoms with Crippen molar-refractivity contribution in [2.45, 2.75) is 59.6 Å². The summed E-state index contributed by atoms with van der Waals surface area (Å²) in [5.41, 5.74) is 0. The van der Waals surface area contributed by atoms with Gasteiger partial charge in [-0.25, -0.2) is 0 Å². The molecule has 0 aliphatic carbocycles. The molecule has 0 aromatic carbocycles. The van der Waals surface area contributed by atoms with Crippen LogP contribution in [0.3, 0.4) is 0 Å². The van der Waals surface area contributed by atoms with Crippen LogP contribution in [0.1, 0.15) is 0 Å². The van der Waals surface area contributed by atoms with E-state index in [1.165, 1.54) is 7.11 Å². The quantitative estimate of drug-likeness (QED) is 0.226. The first-order valence-electron chi connectivity index (χ1n) is 7.57. The predicted molar refractivity (Wildman–Crippen MR) is 82.0 cm³/mol. The van der Waals surface area contributed by atoms with Gasteiger partial charge in [0.15, 0.2) is 6.29 Å². The fourth-order valence-corrected chi connectivity index (χ4v) is 4.40. The van der Waals surface area contributed by atoms with Crippen LogP contribution in [0.4, 0.5) is 0 Å². The third-order valence-corrected chi connectivity index (χ3v) is 5.95. The summed E-state index contributed by atoms with van der Waals surface area (Å²) in [6.45, 7) is -1.07. The monoisotopic (exact) mass is 371 g/mol. The van der Waals surface area contributed by atoms with Gasteiger partial charge in [-0.15, -0.1) is 11.8 Å². The van der Waals surface area contributed by atoms with E-state index >= 15 is 0 Å². The van der Waals surface area contributed by atoms with Crippen molar-refractivity contribution < 1.29 is 45.2 Å². The highest BCUT2D eigenvalue weighted by molar-refractivity contribution is 8.00. The Morgan fingerprint density at radius 3 is 2.29 bits per heavy atom. The maximum absolute atomic E-state index is 10.2. The Kier molecular flexibility index (Phi) is 7.22. The maximum atomic E-state index is 10.2. The third-order valence-electron chi connectivity index (χ3n) is 4.34. The average Bonchev–Trinajstić information content (AvgIpc) is 2.87. The molecule has 0 bridgehead atoms. The van der Waals surface area contributed by atoms with E-state index in [0.29, 0.717) is 0 Å². The number of hydrogen-bond acceptors (Lipinski definition) is 11. The number of methoxy groups -OCH3 is 1. The van der Waals surface area contributed by atoms with Crippen LogP contribution in [0, 0.1) is 0 Å². The SMILES string of the molecule is CO[C@H]1OC(CO)[C@@H](O)C(O)C1NC1SC(C(O)CO)C(O)C1O. The van der Waals surface area contributed by atoms with Crippen LogP contribution < -0.4 is 5.32 Å².